The lowest BCUT2D eigenvalue weighted by Gasteiger charge is -2.26. The van der Waals surface area contributed by atoms with E-state index in [1.807, 2.05) is 6.07 Å². The van der Waals surface area contributed by atoms with Gasteiger partial charge in [-0.3, -0.25) is 0 Å². The highest BCUT2D eigenvalue weighted by atomic mass is 35.5. The van der Waals surface area contributed by atoms with E-state index < -0.39 is 0 Å². The van der Waals surface area contributed by atoms with E-state index in [9.17, 15) is 4.79 Å². The van der Waals surface area contributed by atoms with Crippen molar-refractivity contribution >= 4 is 35.2 Å². The van der Waals surface area contributed by atoms with Crippen molar-refractivity contribution in [1.82, 2.24) is 10.2 Å². The fraction of sp³-hybridized carbons (Fsp3) is 0.429. The normalized spacial score (nSPS) is 15.5. The van der Waals surface area contributed by atoms with E-state index in [0.29, 0.717) is 35.9 Å². The molecule has 1 saturated heterocycles. The number of nitrogens with zero attached hydrogens (tertiary/aromatic N) is 2. The van der Waals surface area contributed by atoms with Gasteiger partial charge in [-0.05, 0) is 18.6 Å². The fourth-order valence-corrected chi connectivity index (χ4v) is 2.78. The summed E-state index contributed by atoms with van der Waals surface area (Å²) in [5, 5.41) is 10.8. The number of rotatable bonds is 2. The lowest BCUT2D eigenvalue weighted by atomic mass is 10.1. The van der Waals surface area contributed by atoms with Crippen LogP contribution in [0.15, 0.2) is 12.1 Å². The van der Waals surface area contributed by atoms with Gasteiger partial charge in [-0.2, -0.15) is 0 Å². The van der Waals surface area contributed by atoms with Gasteiger partial charge >= 0.3 is 6.03 Å². The Hall–Kier alpha value is -1.95. The van der Waals surface area contributed by atoms with Gasteiger partial charge in [0.2, 0.25) is 0 Å². The van der Waals surface area contributed by atoms with Gasteiger partial charge in [0, 0.05) is 61.4 Å². The quantitative estimate of drug-likeness (QED) is 0.575. The molecule has 114 valence electrons. The Morgan fingerprint density at radius 3 is 2.81 bits per heavy atom. The number of hydrogen-bond donors (Lipinski definition) is 3. The van der Waals surface area contributed by atoms with Crippen molar-refractivity contribution in [3.05, 3.63) is 22.7 Å². The predicted molar refractivity (Wildman–Crippen MR) is 86.6 cm³/mol. The number of halogens is 1. The number of carbonyl (C=O) groups excluding carboxylic acids is 1. The molecule has 0 saturated carbocycles. The summed E-state index contributed by atoms with van der Waals surface area (Å²) in [5.41, 5.74) is 7.97. The maximum Gasteiger partial charge on any atom is 0.317 e. The molecule has 1 aliphatic rings. The minimum Gasteiger partial charge on any atom is -0.398 e. The summed E-state index contributed by atoms with van der Waals surface area (Å²) in [5.74, 6) is 0. The van der Waals surface area contributed by atoms with Crippen LogP contribution in [0.4, 0.5) is 16.2 Å². The van der Waals surface area contributed by atoms with Crippen LogP contribution >= 0.6 is 11.6 Å². The van der Waals surface area contributed by atoms with Gasteiger partial charge in [0.25, 0.3) is 0 Å². The van der Waals surface area contributed by atoms with Crippen molar-refractivity contribution < 1.29 is 4.79 Å². The predicted octanol–water partition coefficient (Wildman–Crippen LogP) is 1.77. The van der Waals surface area contributed by atoms with Crippen LogP contribution in [0.25, 0.3) is 0 Å². The van der Waals surface area contributed by atoms with Crippen molar-refractivity contribution in [3.63, 3.8) is 0 Å². The van der Waals surface area contributed by atoms with E-state index in [2.05, 4.69) is 10.2 Å². The topological polar surface area (TPSA) is 85.5 Å². The Morgan fingerprint density at radius 1 is 1.38 bits per heavy atom. The number of benzene rings is 1. The molecule has 7 heteroatoms. The maximum absolute atomic E-state index is 11.7. The molecule has 21 heavy (non-hydrogen) atoms. The smallest absolute Gasteiger partial charge is 0.317 e. The summed E-state index contributed by atoms with van der Waals surface area (Å²) in [6.07, 6.45) is 2.11. The molecule has 6 nitrogen and oxygen atoms in total. The molecule has 0 radical (unpaired) electrons. The Bertz CT molecular complexity index is 548. The van der Waals surface area contributed by atoms with E-state index in [-0.39, 0.29) is 6.03 Å². The van der Waals surface area contributed by atoms with E-state index in [0.717, 1.165) is 18.7 Å². The van der Waals surface area contributed by atoms with Crippen molar-refractivity contribution in [1.29, 1.82) is 5.41 Å². The van der Waals surface area contributed by atoms with Gasteiger partial charge < -0.3 is 26.3 Å². The summed E-state index contributed by atoms with van der Waals surface area (Å²) >= 11 is 6.08. The molecule has 0 aromatic heterocycles. The standard InChI is InChI=1S/C14H20ClN5O/c1-18-14(21)20-4-2-3-19(5-6-20)13-8-10(15)7-12(17)11(13)9-16/h7-9,16H,2-6,17H2,1H3,(H,18,21). The highest BCUT2D eigenvalue weighted by Gasteiger charge is 2.20. The molecule has 1 aliphatic heterocycles. The monoisotopic (exact) mass is 309 g/mol. The maximum atomic E-state index is 11.7. The van der Waals surface area contributed by atoms with Gasteiger partial charge in [0.1, 0.15) is 0 Å². The lowest BCUT2D eigenvalue weighted by Crippen LogP contribution is -2.40. The second-order valence-corrected chi connectivity index (χ2v) is 5.39. The Labute approximate surface area is 129 Å². The SMILES string of the molecule is CNC(=O)N1CCCN(c2cc(Cl)cc(N)c2C=N)CC1. The second-order valence-electron chi connectivity index (χ2n) is 4.95. The summed E-state index contributed by atoms with van der Waals surface area (Å²) < 4.78 is 0. The molecule has 1 aromatic carbocycles. The number of hydrogen-bond acceptors (Lipinski definition) is 4. The zero-order chi connectivity index (χ0) is 15.4. The number of nitrogen functional groups attached to an aromatic ring is 1. The first-order valence-electron chi connectivity index (χ1n) is 6.88. The third-order valence-corrected chi connectivity index (χ3v) is 3.86. The number of anilines is 2. The van der Waals surface area contributed by atoms with Crippen LogP contribution in [0.2, 0.25) is 5.02 Å². The average molecular weight is 310 g/mol. The Kier molecular flexibility index (Phi) is 4.90. The van der Waals surface area contributed by atoms with Gasteiger partial charge in [-0.15, -0.1) is 0 Å². The van der Waals surface area contributed by atoms with E-state index in [4.69, 9.17) is 22.7 Å². The zero-order valence-corrected chi connectivity index (χ0v) is 12.8. The highest BCUT2D eigenvalue weighted by Crippen LogP contribution is 2.29. The molecule has 2 rings (SSSR count). The highest BCUT2D eigenvalue weighted by molar-refractivity contribution is 6.31. The number of carbonyl (C=O) groups is 1. The van der Waals surface area contributed by atoms with Gasteiger partial charge in [-0.25, -0.2) is 4.79 Å². The van der Waals surface area contributed by atoms with Crippen molar-refractivity contribution in [3.8, 4) is 0 Å². The number of urea groups is 1. The molecule has 0 aliphatic carbocycles. The molecule has 2 amide bonds. The third kappa shape index (κ3) is 3.39. The zero-order valence-electron chi connectivity index (χ0n) is 12.0. The van der Waals surface area contributed by atoms with Crippen LogP contribution in [0.5, 0.6) is 0 Å². The van der Waals surface area contributed by atoms with Crippen molar-refractivity contribution in [2.45, 2.75) is 6.42 Å². The van der Waals surface area contributed by atoms with Crippen LogP contribution in [-0.2, 0) is 0 Å². The minimum absolute atomic E-state index is 0.0604. The van der Waals surface area contributed by atoms with Gasteiger partial charge in [-0.1, -0.05) is 11.6 Å². The Morgan fingerprint density at radius 2 is 2.14 bits per heavy atom. The molecule has 4 N–H and O–H groups in total. The lowest BCUT2D eigenvalue weighted by molar-refractivity contribution is 0.204. The van der Waals surface area contributed by atoms with Crippen LogP contribution in [0, 0.1) is 5.41 Å². The summed E-state index contributed by atoms with van der Waals surface area (Å²) in [6.45, 7) is 2.83. The fourth-order valence-electron chi connectivity index (χ4n) is 2.56. The van der Waals surface area contributed by atoms with Crippen LogP contribution < -0.4 is 16.0 Å². The van der Waals surface area contributed by atoms with E-state index >= 15 is 0 Å². The van der Waals surface area contributed by atoms with Crippen molar-refractivity contribution in [2.75, 3.05) is 43.9 Å². The molecule has 0 bridgehead atoms. The molecule has 0 spiro atoms. The van der Waals surface area contributed by atoms with Crippen molar-refractivity contribution in [2.24, 2.45) is 0 Å². The second kappa shape index (κ2) is 6.67. The van der Waals surface area contributed by atoms with Crippen LogP contribution in [-0.4, -0.2) is 50.4 Å². The number of amides is 2. The van der Waals surface area contributed by atoms with E-state index in [1.54, 1.807) is 18.0 Å². The molecule has 0 unspecified atom stereocenters. The van der Waals surface area contributed by atoms with Gasteiger partial charge in [0.15, 0.2) is 0 Å². The summed E-state index contributed by atoms with van der Waals surface area (Å²) in [6, 6.07) is 3.42. The molecule has 1 heterocycles. The van der Waals surface area contributed by atoms with E-state index in [1.165, 1.54) is 6.21 Å². The minimum atomic E-state index is -0.0604. The molecule has 1 aromatic rings. The molecular formula is C14H20ClN5O. The molecule has 1 fully saturated rings. The first-order valence-corrected chi connectivity index (χ1v) is 7.25. The molecule has 0 atom stereocenters. The summed E-state index contributed by atoms with van der Waals surface area (Å²) in [7, 11) is 1.63. The Balaban J connectivity index is 2.23. The first kappa shape index (κ1) is 15.4. The largest absolute Gasteiger partial charge is 0.398 e. The summed E-state index contributed by atoms with van der Waals surface area (Å²) in [4.78, 5) is 15.6. The van der Waals surface area contributed by atoms with Gasteiger partial charge in [0.05, 0.1) is 0 Å². The average Bonchev–Trinajstić information content (AvgIpc) is 2.71. The van der Waals surface area contributed by atoms with Crippen LogP contribution in [0.1, 0.15) is 12.0 Å². The third-order valence-electron chi connectivity index (χ3n) is 3.64. The first-order chi connectivity index (χ1) is 10.1. The number of nitrogens with one attached hydrogen (secondary N) is 2. The molecular weight excluding hydrogens is 290 g/mol. The number of nitrogens with two attached hydrogens (primary N) is 1. The van der Waals surface area contributed by atoms with Crippen LogP contribution in [0.3, 0.4) is 0 Å².